The molecule has 1 amide bonds. The number of rotatable bonds is 6. The van der Waals surface area contributed by atoms with Crippen LogP contribution in [0.2, 0.25) is 0 Å². The summed E-state index contributed by atoms with van der Waals surface area (Å²) in [5, 5.41) is 7.79. The van der Waals surface area contributed by atoms with Crippen LogP contribution >= 0.6 is 35.3 Å². The number of hydrogen-bond donors (Lipinski definition) is 2. The lowest BCUT2D eigenvalue weighted by Crippen LogP contribution is -2.48. The second-order valence-electron chi connectivity index (χ2n) is 8.02. The topological polar surface area (TPSA) is 78.8 Å². The highest BCUT2D eigenvalue weighted by atomic mass is 127. The molecule has 32 heavy (non-hydrogen) atoms. The summed E-state index contributed by atoms with van der Waals surface area (Å²) in [4.78, 5) is 24.8. The largest absolute Gasteiger partial charge is 0.372 e. The zero-order valence-corrected chi connectivity index (χ0v) is 22.6. The average molecular weight is 572 g/mol. The fourth-order valence-electron chi connectivity index (χ4n) is 3.63. The Hall–Kier alpha value is -1.72. The quantitative estimate of drug-likeness (QED) is 0.315. The Morgan fingerprint density at radius 2 is 1.84 bits per heavy atom. The van der Waals surface area contributed by atoms with Gasteiger partial charge in [-0.15, -0.1) is 35.3 Å². The van der Waals surface area contributed by atoms with Crippen molar-refractivity contribution in [2.24, 2.45) is 4.99 Å². The van der Waals surface area contributed by atoms with Crippen molar-refractivity contribution in [1.29, 1.82) is 0 Å². The van der Waals surface area contributed by atoms with Gasteiger partial charge in [0.15, 0.2) is 5.96 Å². The van der Waals surface area contributed by atoms with Crippen molar-refractivity contribution in [3.8, 4) is 0 Å². The van der Waals surface area contributed by atoms with Crippen molar-refractivity contribution < 1.29 is 9.53 Å². The molecule has 1 fully saturated rings. The Bertz CT molecular complexity index is 886. The van der Waals surface area contributed by atoms with Crippen molar-refractivity contribution >= 4 is 47.2 Å². The third-order valence-electron chi connectivity index (χ3n) is 5.30. The molecule has 2 unspecified atom stereocenters. The van der Waals surface area contributed by atoms with E-state index in [0.29, 0.717) is 25.2 Å². The smallest absolute Gasteiger partial charge is 0.254 e. The maximum Gasteiger partial charge on any atom is 0.254 e. The molecule has 9 heteroatoms. The first-order valence-corrected chi connectivity index (χ1v) is 11.6. The molecule has 1 aliphatic rings. The number of guanidine groups is 1. The summed E-state index contributed by atoms with van der Waals surface area (Å²) in [6.07, 6.45) is 1.01. The lowest BCUT2D eigenvalue weighted by Gasteiger charge is -2.35. The van der Waals surface area contributed by atoms with Gasteiger partial charge in [0, 0.05) is 50.1 Å². The average Bonchev–Trinajstić information content (AvgIpc) is 3.06. The molecule has 1 aliphatic heterocycles. The lowest BCUT2D eigenvalue weighted by atomic mass is 10.1. The number of ether oxygens (including phenoxy) is 1. The van der Waals surface area contributed by atoms with Crippen LogP contribution in [0.15, 0.2) is 29.3 Å². The number of aliphatic imine (C=N–C) groups is 1. The molecule has 2 atom stereocenters. The zero-order valence-electron chi connectivity index (χ0n) is 19.5. The van der Waals surface area contributed by atoms with E-state index in [1.807, 2.05) is 49.9 Å². The van der Waals surface area contributed by atoms with Crippen LogP contribution in [0.5, 0.6) is 0 Å². The summed E-state index contributed by atoms with van der Waals surface area (Å²) in [5.41, 5.74) is 2.91. The monoisotopic (exact) mass is 571 g/mol. The van der Waals surface area contributed by atoms with Crippen molar-refractivity contribution in [2.75, 3.05) is 26.7 Å². The number of nitrogens with one attached hydrogen (secondary N) is 2. The molecule has 0 spiro atoms. The molecule has 176 valence electrons. The Kier molecular flexibility index (Phi) is 10.4. The third kappa shape index (κ3) is 7.41. The van der Waals surface area contributed by atoms with Gasteiger partial charge in [-0.25, -0.2) is 4.98 Å². The molecule has 2 aromatic rings. The number of aryl methyl sites for hydroxylation is 2. The minimum atomic E-state index is 0. The van der Waals surface area contributed by atoms with Crippen LogP contribution in [0.1, 0.15) is 45.3 Å². The first-order valence-electron chi connectivity index (χ1n) is 10.8. The fraction of sp³-hybridized carbons (Fsp3) is 0.522. The Balaban J connectivity index is 0.00000363. The summed E-state index contributed by atoms with van der Waals surface area (Å²) in [5.74, 6) is 0.813. The van der Waals surface area contributed by atoms with Crippen LogP contribution in [0, 0.1) is 13.8 Å². The molecule has 0 saturated carbocycles. The number of aromatic nitrogens is 1. The number of carbonyl (C=O) groups is 1. The molecular weight excluding hydrogens is 537 g/mol. The molecule has 1 aromatic carbocycles. The Morgan fingerprint density at radius 3 is 2.41 bits per heavy atom. The number of thiazole rings is 1. The second-order valence-corrected chi connectivity index (χ2v) is 9.30. The van der Waals surface area contributed by atoms with Crippen molar-refractivity contribution in [1.82, 2.24) is 20.5 Å². The maximum absolute atomic E-state index is 12.8. The fourth-order valence-corrected chi connectivity index (χ4v) is 4.57. The first-order chi connectivity index (χ1) is 14.9. The predicted octanol–water partition coefficient (Wildman–Crippen LogP) is 3.54. The summed E-state index contributed by atoms with van der Waals surface area (Å²) >= 11 is 1.75. The van der Waals surface area contributed by atoms with E-state index in [1.54, 1.807) is 18.4 Å². The highest BCUT2D eigenvalue weighted by Crippen LogP contribution is 2.17. The van der Waals surface area contributed by atoms with Crippen molar-refractivity contribution in [3.63, 3.8) is 0 Å². The number of morpholine rings is 1. The van der Waals surface area contributed by atoms with E-state index in [1.165, 1.54) is 4.88 Å². The van der Waals surface area contributed by atoms with E-state index in [0.717, 1.165) is 35.2 Å². The van der Waals surface area contributed by atoms with Crippen molar-refractivity contribution in [3.05, 3.63) is 51.0 Å². The lowest BCUT2D eigenvalue weighted by molar-refractivity contribution is -0.0586. The number of carbonyl (C=O) groups excluding carboxylic acids is 1. The van der Waals surface area contributed by atoms with Crippen LogP contribution in [0.3, 0.4) is 0 Å². The van der Waals surface area contributed by atoms with Gasteiger partial charge in [0.1, 0.15) is 0 Å². The van der Waals surface area contributed by atoms with Gasteiger partial charge in [-0.05, 0) is 45.4 Å². The number of hydrogen-bond acceptors (Lipinski definition) is 5. The summed E-state index contributed by atoms with van der Waals surface area (Å²) in [6.45, 7) is 10.8. The third-order valence-corrected chi connectivity index (χ3v) is 6.43. The minimum Gasteiger partial charge on any atom is -0.372 e. The van der Waals surface area contributed by atoms with Gasteiger partial charge < -0.3 is 20.3 Å². The summed E-state index contributed by atoms with van der Waals surface area (Å²) in [7, 11) is 1.76. The Morgan fingerprint density at radius 1 is 1.19 bits per heavy atom. The van der Waals surface area contributed by atoms with E-state index in [9.17, 15) is 4.79 Å². The molecule has 1 saturated heterocycles. The predicted molar refractivity (Wildman–Crippen MR) is 141 cm³/mol. The molecule has 2 N–H and O–H groups in total. The van der Waals surface area contributed by atoms with Crippen LogP contribution in [-0.2, 0) is 17.7 Å². The first kappa shape index (κ1) is 26.5. The van der Waals surface area contributed by atoms with E-state index < -0.39 is 0 Å². The maximum atomic E-state index is 12.8. The summed E-state index contributed by atoms with van der Waals surface area (Å²) < 4.78 is 5.72. The van der Waals surface area contributed by atoms with Crippen LogP contribution < -0.4 is 10.6 Å². The van der Waals surface area contributed by atoms with Gasteiger partial charge in [0.2, 0.25) is 0 Å². The molecule has 0 aliphatic carbocycles. The van der Waals surface area contributed by atoms with Crippen LogP contribution in [0.4, 0.5) is 0 Å². The number of halogens is 1. The van der Waals surface area contributed by atoms with E-state index in [4.69, 9.17) is 4.74 Å². The van der Waals surface area contributed by atoms with Gasteiger partial charge >= 0.3 is 0 Å². The van der Waals surface area contributed by atoms with Crippen LogP contribution in [0.25, 0.3) is 0 Å². The number of benzene rings is 1. The molecule has 2 heterocycles. The van der Waals surface area contributed by atoms with E-state index >= 15 is 0 Å². The van der Waals surface area contributed by atoms with Crippen molar-refractivity contribution in [2.45, 2.75) is 52.9 Å². The number of amides is 1. The van der Waals surface area contributed by atoms with Gasteiger partial charge in [-0.3, -0.25) is 9.79 Å². The molecule has 3 rings (SSSR count). The van der Waals surface area contributed by atoms with E-state index in [2.05, 4.69) is 27.5 Å². The SMILES string of the molecule is CN=C(NCCc1nc(C)c(C)s1)NCc1ccc(C(=O)N2CC(C)OC(C)C2)cc1.I. The van der Waals surface area contributed by atoms with Gasteiger partial charge in [0.25, 0.3) is 5.91 Å². The summed E-state index contributed by atoms with van der Waals surface area (Å²) in [6, 6.07) is 7.77. The van der Waals surface area contributed by atoms with Gasteiger partial charge in [-0.1, -0.05) is 12.1 Å². The highest BCUT2D eigenvalue weighted by molar-refractivity contribution is 14.0. The molecular formula is C23H34IN5O2S. The zero-order chi connectivity index (χ0) is 22.4. The second kappa shape index (κ2) is 12.5. The molecule has 0 radical (unpaired) electrons. The normalized spacial score (nSPS) is 18.8. The van der Waals surface area contributed by atoms with E-state index in [-0.39, 0.29) is 42.1 Å². The van der Waals surface area contributed by atoms with Crippen LogP contribution in [-0.4, -0.2) is 60.6 Å². The Labute approximate surface area is 212 Å². The van der Waals surface area contributed by atoms with Gasteiger partial charge in [0.05, 0.1) is 22.9 Å². The number of nitrogens with zero attached hydrogens (tertiary/aromatic N) is 3. The minimum absolute atomic E-state index is 0. The molecule has 0 bridgehead atoms. The molecule has 1 aromatic heterocycles. The van der Waals surface area contributed by atoms with Gasteiger partial charge in [-0.2, -0.15) is 0 Å². The standard InChI is InChI=1S/C23H33N5O2S.HI/c1-15-13-28(14-16(2)30-15)22(29)20-8-6-19(7-9-20)12-26-23(24-5)25-11-10-21-27-17(3)18(4)31-21;/h6-9,15-16H,10-14H2,1-5H3,(H2,24,25,26);1H. The highest BCUT2D eigenvalue weighted by Gasteiger charge is 2.26. The molecule has 7 nitrogen and oxygen atoms in total.